The molecule has 0 aromatic rings. The summed E-state index contributed by atoms with van der Waals surface area (Å²) in [6, 6.07) is 0.372. The van der Waals surface area contributed by atoms with E-state index in [0.29, 0.717) is 6.04 Å². The van der Waals surface area contributed by atoms with Gasteiger partial charge in [-0.05, 0) is 20.3 Å². The summed E-state index contributed by atoms with van der Waals surface area (Å²) in [4.78, 5) is 2.29. The number of aliphatic hydroxyl groups excluding tert-OH is 1. The van der Waals surface area contributed by atoms with E-state index >= 15 is 0 Å². The largest absolute Gasteiger partial charge is 0.392 e. The molecule has 0 aromatic carbocycles. The van der Waals surface area contributed by atoms with E-state index < -0.39 is 5.79 Å². The Hall–Kier alpha value is -0.160. The number of hydrogen-bond acceptors (Lipinski definition) is 4. The molecule has 3 heterocycles. The number of nitrogens with zero attached hydrogens (tertiary/aromatic N) is 1. The highest BCUT2D eigenvalue weighted by Gasteiger charge is 2.54. The molecule has 0 aliphatic carbocycles. The van der Waals surface area contributed by atoms with Gasteiger partial charge < -0.3 is 14.6 Å². The molecule has 0 radical (unpaired) electrons. The first-order valence-corrected chi connectivity index (χ1v) is 5.33. The number of aliphatic hydroxyl groups is 1. The van der Waals surface area contributed by atoms with Crippen molar-refractivity contribution in [2.24, 2.45) is 0 Å². The van der Waals surface area contributed by atoms with Gasteiger partial charge in [0.15, 0.2) is 5.79 Å². The predicted molar refractivity (Wildman–Crippen MR) is 49.8 cm³/mol. The van der Waals surface area contributed by atoms with Crippen molar-refractivity contribution in [3.05, 3.63) is 0 Å². The van der Waals surface area contributed by atoms with Crippen LogP contribution in [-0.2, 0) is 9.47 Å². The third kappa shape index (κ3) is 1.21. The second-order valence-corrected chi connectivity index (χ2v) is 5.05. The van der Waals surface area contributed by atoms with Crippen molar-refractivity contribution in [3.63, 3.8) is 0 Å². The summed E-state index contributed by atoms with van der Waals surface area (Å²) in [5.41, 5.74) is 0. The fourth-order valence-electron chi connectivity index (χ4n) is 3.02. The third-order valence-electron chi connectivity index (χ3n) is 3.44. The van der Waals surface area contributed by atoms with E-state index in [1.165, 1.54) is 0 Å². The fourth-order valence-corrected chi connectivity index (χ4v) is 3.02. The summed E-state index contributed by atoms with van der Waals surface area (Å²) in [6.07, 6.45) is 1.04. The Labute approximate surface area is 83.8 Å². The van der Waals surface area contributed by atoms with E-state index in [1.807, 2.05) is 13.8 Å². The van der Waals surface area contributed by atoms with Gasteiger partial charge in [0.1, 0.15) is 12.2 Å². The second kappa shape index (κ2) is 2.70. The molecule has 4 nitrogen and oxygen atoms in total. The van der Waals surface area contributed by atoms with Crippen LogP contribution in [0.25, 0.3) is 0 Å². The molecule has 3 fully saturated rings. The zero-order chi connectivity index (χ0) is 9.92. The van der Waals surface area contributed by atoms with Gasteiger partial charge in [0.25, 0.3) is 0 Å². The standard InChI is InChI=1S/C10H17NO3/c1-10(2)13-8-5-11-4-6(12)3-7(11)9(8)14-10/h6-9,12H,3-5H2,1-2H3/t6-,7-,8+,9-/m0/s1. The lowest BCUT2D eigenvalue weighted by molar-refractivity contribution is -0.159. The average molecular weight is 199 g/mol. The highest BCUT2D eigenvalue weighted by Crippen LogP contribution is 2.40. The van der Waals surface area contributed by atoms with Gasteiger partial charge in [0.05, 0.1) is 6.10 Å². The van der Waals surface area contributed by atoms with Crippen LogP contribution in [-0.4, -0.2) is 53.2 Å². The molecule has 3 saturated heterocycles. The van der Waals surface area contributed by atoms with Crippen LogP contribution < -0.4 is 0 Å². The first-order chi connectivity index (χ1) is 6.55. The molecule has 14 heavy (non-hydrogen) atoms. The maximum absolute atomic E-state index is 9.55. The summed E-state index contributed by atoms with van der Waals surface area (Å²) < 4.78 is 11.7. The van der Waals surface area contributed by atoms with E-state index in [2.05, 4.69) is 4.90 Å². The van der Waals surface area contributed by atoms with Gasteiger partial charge in [-0.1, -0.05) is 0 Å². The lowest BCUT2D eigenvalue weighted by atomic mass is 10.1. The molecule has 0 amide bonds. The van der Waals surface area contributed by atoms with Gasteiger partial charge in [-0.25, -0.2) is 0 Å². The molecule has 0 saturated carbocycles. The van der Waals surface area contributed by atoms with E-state index in [4.69, 9.17) is 9.47 Å². The van der Waals surface area contributed by atoms with Crippen LogP contribution in [0, 0.1) is 0 Å². The van der Waals surface area contributed by atoms with Crippen molar-refractivity contribution in [3.8, 4) is 0 Å². The highest BCUT2D eigenvalue weighted by atomic mass is 16.8. The monoisotopic (exact) mass is 199 g/mol. The molecule has 0 aromatic heterocycles. The van der Waals surface area contributed by atoms with Gasteiger partial charge in [0.2, 0.25) is 0 Å². The summed E-state index contributed by atoms with van der Waals surface area (Å²) in [5.74, 6) is -0.436. The Bertz CT molecular complexity index is 256. The van der Waals surface area contributed by atoms with E-state index in [1.54, 1.807) is 0 Å². The van der Waals surface area contributed by atoms with Gasteiger partial charge in [-0.15, -0.1) is 0 Å². The van der Waals surface area contributed by atoms with Crippen molar-refractivity contribution in [1.82, 2.24) is 4.90 Å². The Morgan fingerprint density at radius 1 is 1.29 bits per heavy atom. The normalized spacial score (nSPS) is 50.8. The summed E-state index contributed by atoms with van der Waals surface area (Å²) in [5, 5.41) is 9.55. The third-order valence-corrected chi connectivity index (χ3v) is 3.44. The summed E-state index contributed by atoms with van der Waals surface area (Å²) in [6.45, 7) is 5.61. The smallest absolute Gasteiger partial charge is 0.163 e. The Morgan fingerprint density at radius 2 is 2.07 bits per heavy atom. The van der Waals surface area contributed by atoms with Crippen LogP contribution in [0.2, 0.25) is 0 Å². The molecule has 3 aliphatic heterocycles. The van der Waals surface area contributed by atoms with Crippen molar-refractivity contribution < 1.29 is 14.6 Å². The van der Waals surface area contributed by atoms with Gasteiger partial charge in [-0.2, -0.15) is 0 Å². The Kier molecular flexibility index (Phi) is 1.75. The quantitative estimate of drug-likeness (QED) is 0.594. The zero-order valence-corrected chi connectivity index (χ0v) is 8.64. The van der Waals surface area contributed by atoms with Crippen molar-refractivity contribution >= 4 is 0 Å². The molecule has 1 N–H and O–H groups in total. The first kappa shape index (κ1) is 9.09. The van der Waals surface area contributed by atoms with E-state index in [0.717, 1.165) is 19.5 Å². The molecule has 4 atom stereocenters. The molecule has 80 valence electrons. The van der Waals surface area contributed by atoms with Crippen molar-refractivity contribution in [2.45, 2.75) is 50.4 Å². The molecule has 0 bridgehead atoms. The van der Waals surface area contributed by atoms with Crippen LogP contribution in [0.15, 0.2) is 0 Å². The summed E-state index contributed by atoms with van der Waals surface area (Å²) >= 11 is 0. The number of ether oxygens (including phenoxy) is 2. The maximum atomic E-state index is 9.55. The zero-order valence-electron chi connectivity index (χ0n) is 8.64. The minimum Gasteiger partial charge on any atom is -0.392 e. The highest BCUT2D eigenvalue weighted by molar-refractivity contribution is 5.04. The fraction of sp³-hybridized carbons (Fsp3) is 1.00. The number of fused-ring (bicyclic) bond motifs is 3. The minimum absolute atomic E-state index is 0.169. The summed E-state index contributed by atoms with van der Waals surface area (Å²) in [7, 11) is 0. The molecular weight excluding hydrogens is 182 g/mol. The van der Waals surface area contributed by atoms with Gasteiger partial charge in [0, 0.05) is 19.1 Å². The number of hydrogen-bond donors (Lipinski definition) is 1. The molecule has 4 heteroatoms. The van der Waals surface area contributed by atoms with Crippen LogP contribution in [0.1, 0.15) is 20.3 Å². The van der Waals surface area contributed by atoms with E-state index in [9.17, 15) is 5.11 Å². The van der Waals surface area contributed by atoms with Crippen molar-refractivity contribution in [2.75, 3.05) is 13.1 Å². The minimum atomic E-state index is -0.436. The van der Waals surface area contributed by atoms with Gasteiger partial charge >= 0.3 is 0 Å². The lowest BCUT2D eigenvalue weighted by Gasteiger charge is -2.23. The van der Waals surface area contributed by atoms with Crippen molar-refractivity contribution in [1.29, 1.82) is 0 Å². The maximum Gasteiger partial charge on any atom is 0.163 e. The topological polar surface area (TPSA) is 41.9 Å². The van der Waals surface area contributed by atoms with Crippen LogP contribution in [0.3, 0.4) is 0 Å². The molecule has 3 rings (SSSR count). The average Bonchev–Trinajstić information content (AvgIpc) is 2.58. The van der Waals surface area contributed by atoms with Crippen LogP contribution in [0.5, 0.6) is 0 Å². The molecule has 0 spiro atoms. The second-order valence-electron chi connectivity index (χ2n) is 5.05. The Balaban J connectivity index is 1.78. The molecule has 0 unspecified atom stereocenters. The van der Waals surface area contributed by atoms with E-state index in [-0.39, 0.29) is 18.3 Å². The first-order valence-electron chi connectivity index (χ1n) is 5.33. The Morgan fingerprint density at radius 3 is 2.86 bits per heavy atom. The predicted octanol–water partition coefficient (Wildman–Crippen LogP) is -0.0447. The lowest BCUT2D eigenvalue weighted by Crippen LogP contribution is -2.33. The van der Waals surface area contributed by atoms with Crippen LogP contribution in [0.4, 0.5) is 0 Å². The SMILES string of the molecule is CC1(C)O[C@@H]2[C@@H](CN3C[C@@H](O)C[C@@H]23)O1. The molecule has 3 aliphatic rings. The number of rotatable bonds is 0. The van der Waals surface area contributed by atoms with Crippen LogP contribution >= 0.6 is 0 Å². The molecular formula is C10H17NO3. The van der Waals surface area contributed by atoms with Gasteiger partial charge in [-0.3, -0.25) is 4.90 Å².